The maximum Gasteiger partial charge on any atom is 0.277 e. The van der Waals surface area contributed by atoms with Crippen molar-refractivity contribution in [1.29, 1.82) is 0 Å². The van der Waals surface area contributed by atoms with Crippen LogP contribution in [0.15, 0.2) is 53.5 Å². The standard InChI is InChI=1S/C17H16N2O3/c1-17(2)11-22-16(18-17)13-7-5-6-12(10-13)14-8-3-4-9-15(14)19(20)21/h3-10H,11H2,1-2H3. The lowest BCUT2D eigenvalue weighted by Crippen LogP contribution is -2.17. The van der Waals surface area contributed by atoms with Crippen LogP contribution in [-0.2, 0) is 4.74 Å². The maximum absolute atomic E-state index is 11.2. The molecule has 22 heavy (non-hydrogen) atoms. The van der Waals surface area contributed by atoms with Crippen molar-refractivity contribution in [1.82, 2.24) is 0 Å². The lowest BCUT2D eigenvalue weighted by Gasteiger charge is -2.07. The molecule has 0 saturated carbocycles. The van der Waals surface area contributed by atoms with Crippen molar-refractivity contribution in [2.24, 2.45) is 4.99 Å². The van der Waals surface area contributed by atoms with Crippen molar-refractivity contribution < 1.29 is 9.66 Å². The fourth-order valence-corrected chi connectivity index (χ4v) is 2.43. The first-order chi connectivity index (χ1) is 10.5. The molecule has 5 nitrogen and oxygen atoms in total. The van der Waals surface area contributed by atoms with E-state index in [2.05, 4.69) is 4.99 Å². The first-order valence-electron chi connectivity index (χ1n) is 7.03. The van der Waals surface area contributed by atoms with Gasteiger partial charge in [0.05, 0.1) is 16.0 Å². The molecule has 112 valence electrons. The second-order valence-corrected chi connectivity index (χ2v) is 5.87. The summed E-state index contributed by atoms with van der Waals surface area (Å²) in [6.07, 6.45) is 0. The predicted octanol–water partition coefficient (Wildman–Crippen LogP) is 3.82. The summed E-state index contributed by atoms with van der Waals surface area (Å²) in [5.74, 6) is 0.588. The van der Waals surface area contributed by atoms with E-state index in [-0.39, 0.29) is 16.1 Å². The molecular formula is C17H16N2O3. The van der Waals surface area contributed by atoms with Crippen LogP contribution in [-0.4, -0.2) is 23.0 Å². The first kappa shape index (κ1) is 14.3. The highest BCUT2D eigenvalue weighted by Crippen LogP contribution is 2.31. The highest BCUT2D eigenvalue weighted by Gasteiger charge is 2.27. The minimum Gasteiger partial charge on any atom is -0.475 e. The number of para-hydroxylation sites is 1. The molecule has 3 rings (SSSR count). The highest BCUT2D eigenvalue weighted by molar-refractivity contribution is 5.97. The van der Waals surface area contributed by atoms with Gasteiger partial charge in [-0.15, -0.1) is 0 Å². The zero-order valence-electron chi connectivity index (χ0n) is 12.4. The van der Waals surface area contributed by atoms with E-state index in [4.69, 9.17) is 4.74 Å². The molecule has 0 N–H and O–H groups in total. The molecule has 0 atom stereocenters. The number of benzene rings is 2. The van der Waals surface area contributed by atoms with Crippen LogP contribution in [0.1, 0.15) is 19.4 Å². The fourth-order valence-electron chi connectivity index (χ4n) is 2.43. The van der Waals surface area contributed by atoms with Crippen molar-refractivity contribution in [3.8, 4) is 11.1 Å². The molecule has 0 amide bonds. The minimum absolute atomic E-state index is 0.0919. The molecule has 2 aromatic rings. The van der Waals surface area contributed by atoms with E-state index in [1.807, 2.05) is 38.1 Å². The van der Waals surface area contributed by atoms with Gasteiger partial charge in [-0.2, -0.15) is 0 Å². The summed E-state index contributed by atoms with van der Waals surface area (Å²) in [4.78, 5) is 15.4. The largest absolute Gasteiger partial charge is 0.475 e. The number of nitro benzene ring substituents is 1. The van der Waals surface area contributed by atoms with Gasteiger partial charge in [-0.1, -0.05) is 24.3 Å². The van der Waals surface area contributed by atoms with Gasteiger partial charge in [0.1, 0.15) is 6.61 Å². The van der Waals surface area contributed by atoms with Crippen LogP contribution >= 0.6 is 0 Å². The molecule has 0 spiro atoms. The molecule has 1 aliphatic rings. The number of aliphatic imine (C=N–C) groups is 1. The monoisotopic (exact) mass is 296 g/mol. The molecule has 0 aromatic heterocycles. The van der Waals surface area contributed by atoms with Gasteiger partial charge >= 0.3 is 0 Å². The van der Waals surface area contributed by atoms with E-state index in [1.54, 1.807) is 18.2 Å². The third kappa shape index (κ3) is 2.70. The molecule has 0 unspecified atom stereocenters. The van der Waals surface area contributed by atoms with Gasteiger partial charge in [0.2, 0.25) is 5.90 Å². The maximum atomic E-state index is 11.2. The van der Waals surface area contributed by atoms with Crippen LogP contribution in [0.5, 0.6) is 0 Å². The first-order valence-corrected chi connectivity index (χ1v) is 7.03. The molecule has 2 aromatic carbocycles. The normalized spacial score (nSPS) is 16.0. The lowest BCUT2D eigenvalue weighted by molar-refractivity contribution is -0.384. The average Bonchev–Trinajstić information content (AvgIpc) is 2.87. The topological polar surface area (TPSA) is 64.7 Å². The Morgan fingerprint density at radius 2 is 1.86 bits per heavy atom. The molecule has 0 radical (unpaired) electrons. The van der Waals surface area contributed by atoms with E-state index >= 15 is 0 Å². The molecule has 0 saturated heterocycles. The van der Waals surface area contributed by atoms with E-state index < -0.39 is 0 Å². The molecule has 0 fully saturated rings. The Hall–Kier alpha value is -2.69. The Labute approximate surface area is 128 Å². The summed E-state index contributed by atoms with van der Waals surface area (Å²) >= 11 is 0. The third-order valence-corrected chi connectivity index (χ3v) is 3.49. The van der Waals surface area contributed by atoms with Crippen LogP contribution < -0.4 is 0 Å². The van der Waals surface area contributed by atoms with Crippen molar-refractivity contribution in [2.45, 2.75) is 19.4 Å². The molecule has 1 aliphatic heterocycles. The summed E-state index contributed by atoms with van der Waals surface area (Å²) in [5, 5.41) is 11.2. The fraction of sp³-hybridized carbons (Fsp3) is 0.235. The molecule has 1 heterocycles. The number of hydrogen-bond donors (Lipinski definition) is 0. The van der Waals surface area contributed by atoms with E-state index in [0.717, 1.165) is 11.1 Å². The Morgan fingerprint density at radius 1 is 1.14 bits per heavy atom. The van der Waals surface area contributed by atoms with Crippen LogP contribution in [0, 0.1) is 10.1 Å². The van der Waals surface area contributed by atoms with E-state index in [1.165, 1.54) is 6.07 Å². The van der Waals surface area contributed by atoms with Crippen LogP contribution in [0.2, 0.25) is 0 Å². The lowest BCUT2D eigenvalue weighted by atomic mass is 10.0. The highest BCUT2D eigenvalue weighted by atomic mass is 16.6. The molecule has 5 heteroatoms. The second kappa shape index (κ2) is 5.26. The zero-order valence-corrected chi connectivity index (χ0v) is 12.4. The van der Waals surface area contributed by atoms with Crippen LogP contribution in [0.4, 0.5) is 5.69 Å². The average molecular weight is 296 g/mol. The van der Waals surface area contributed by atoms with Gasteiger partial charge in [-0.25, -0.2) is 4.99 Å². The van der Waals surface area contributed by atoms with Crippen molar-refractivity contribution in [3.05, 3.63) is 64.2 Å². The van der Waals surface area contributed by atoms with Crippen LogP contribution in [0.25, 0.3) is 11.1 Å². The molecular weight excluding hydrogens is 280 g/mol. The van der Waals surface area contributed by atoms with E-state index in [9.17, 15) is 10.1 Å². The zero-order chi connectivity index (χ0) is 15.7. The van der Waals surface area contributed by atoms with Crippen molar-refractivity contribution >= 4 is 11.6 Å². The van der Waals surface area contributed by atoms with E-state index in [0.29, 0.717) is 18.1 Å². The number of ether oxygens (including phenoxy) is 1. The summed E-state index contributed by atoms with van der Waals surface area (Å²) in [6, 6.07) is 14.2. The summed E-state index contributed by atoms with van der Waals surface area (Å²) in [7, 11) is 0. The van der Waals surface area contributed by atoms with Crippen molar-refractivity contribution in [2.75, 3.05) is 6.61 Å². The third-order valence-electron chi connectivity index (χ3n) is 3.49. The number of nitro groups is 1. The smallest absolute Gasteiger partial charge is 0.277 e. The van der Waals surface area contributed by atoms with Gasteiger partial charge in [-0.05, 0) is 37.6 Å². The Bertz CT molecular complexity index is 766. The summed E-state index contributed by atoms with van der Waals surface area (Å²) in [5.41, 5.74) is 2.06. The van der Waals surface area contributed by atoms with Gasteiger partial charge in [0.25, 0.3) is 5.69 Å². The van der Waals surface area contributed by atoms with Gasteiger partial charge < -0.3 is 4.74 Å². The predicted molar refractivity (Wildman–Crippen MR) is 85.1 cm³/mol. The van der Waals surface area contributed by atoms with Gasteiger partial charge in [0, 0.05) is 11.6 Å². The number of hydrogen-bond acceptors (Lipinski definition) is 4. The minimum atomic E-state index is -0.366. The molecule has 0 aliphatic carbocycles. The number of rotatable bonds is 3. The summed E-state index contributed by atoms with van der Waals surface area (Å²) < 4.78 is 5.64. The summed E-state index contributed by atoms with van der Waals surface area (Å²) in [6.45, 7) is 4.55. The second-order valence-electron chi connectivity index (χ2n) is 5.87. The molecule has 0 bridgehead atoms. The number of nitrogens with zero attached hydrogens (tertiary/aromatic N) is 2. The Balaban J connectivity index is 2.05. The van der Waals surface area contributed by atoms with Gasteiger partial charge in [0.15, 0.2) is 0 Å². The Morgan fingerprint density at radius 3 is 2.55 bits per heavy atom. The SMILES string of the molecule is CC1(C)COC(c2cccc(-c3ccccc3[N+](=O)[O-])c2)=N1. The van der Waals surface area contributed by atoms with Crippen LogP contribution in [0.3, 0.4) is 0 Å². The quantitative estimate of drug-likeness (QED) is 0.639. The van der Waals surface area contributed by atoms with Crippen molar-refractivity contribution in [3.63, 3.8) is 0 Å². The Kier molecular flexibility index (Phi) is 3.41. The van der Waals surface area contributed by atoms with Gasteiger partial charge in [-0.3, -0.25) is 10.1 Å².